The van der Waals surface area contributed by atoms with Crippen LogP contribution in [0.25, 0.3) is 10.9 Å². The van der Waals surface area contributed by atoms with Crippen LogP contribution in [-0.2, 0) is 5.54 Å². The molecular formula is C28H34FN7O. The lowest BCUT2D eigenvalue weighted by molar-refractivity contribution is 0.186. The van der Waals surface area contributed by atoms with Gasteiger partial charge in [-0.2, -0.15) is 0 Å². The molecule has 0 amide bonds. The van der Waals surface area contributed by atoms with Crippen LogP contribution in [0.4, 0.5) is 10.1 Å². The number of piperazine rings is 1. The van der Waals surface area contributed by atoms with Crippen molar-refractivity contribution in [2.75, 3.05) is 31.1 Å². The van der Waals surface area contributed by atoms with Gasteiger partial charge in [-0.15, -0.1) is 5.10 Å². The standard InChI is InChI=1S/C28H34FN7O/c1-6-28(4,5)36-26(31-32-33-36)25(23-17-20-8-7-18(2)19(3)24(20)30-27(23)37)35-15-13-34(14-16-35)22-11-9-21(29)10-12-22/h7-12,17,25H,6,13-16H2,1-5H3,(H,30,37)/t25-/m1/s1. The fraction of sp³-hybridized carbons (Fsp3) is 0.429. The summed E-state index contributed by atoms with van der Waals surface area (Å²) >= 11 is 0. The summed E-state index contributed by atoms with van der Waals surface area (Å²) in [5, 5.41) is 13.9. The third kappa shape index (κ3) is 4.64. The van der Waals surface area contributed by atoms with Crippen LogP contribution in [0.2, 0.25) is 0 Å². The summed E-state index contributed by atoms with van der Waals surface area (Å²) in [4.78, 5) is 21.3. The lowest BCUT2D eigenvalue weighted by Crippen LogP contribution is -2.49. The number of fused-ring (bicyclic) bond motifs is 1. The number of hydrogen-bond donors (Lipinski definition) is 1. The summed E-state index contributed by atoms with van der Waals surface area (Å²) in [6.45, 7) is 13.3. The maximum atomic E-state index is 13.6. The molecule has 1 atom stereocenters. The molecule has 1 fully saturated rings. The van der Waals surface area contributed by atoms with E-state index in [4.69, 9.17) is 0 Å². The number of rotatable bonds is 6. The number of aryl methyl sites for hydroxylation is 2. The van der Waals surface area contributed by atoms with E-state index in [-0.39, 0.29) is 16.9 Å². The molecule has 9 heteroatoms. The van der Waals surface area contributed by atoms with E-state index in [9.17, 15) is 9.18 Å². The summed E-state index contributed by atoms with van der Waals surface area (Å²) in [5.74, 6) is 0.421. The van der Waals surface area contributed by atoms with Gasteiger partial charge in [0.1, 0.15) is 11.9 Å². The predicted molar refractivity (Wildman–Crippen MR) is 144 cm³/mol. The number of pyridine rings is 1. The quantitative estimate of drug-likeness (QED) is 0.422. The summed E-state index contributed by atoms with van der Waals surface area (Å²) in [6, 6.07) is 12.3. The smallest absolute Gasteiger partial charge is 0.253 e. The SMILES string of the molecule is CCC(C)(C)n1nnnc1[C@@H](c1cc2ccc(C)c(C)c2[nH]c1=O)N1CCN(c2ccc(F)cc2)CC1. The molecule has 1 aliphatic rings. The Morgan fingerprint density at radius 2 is 1.76 bits per heavy atom. The summed E-state index contributed by atoms with van der Waals surface area (Å²) in [5.41, 5.74) is 4.25. The second-order valence-corrected chi connectivity index (χ2v) is 10.5. The number of nitrogens with one attached hydrogen (secondary N) is 1. The van der Waals surface area contributed by atoms with E-state index >= 15 is 0 Å². The Labute approximate surface area is 216 Å². The second kappa shape index (κ2) is 9.70. The lowest BCUT2D eigenvalue weighted by atomic mass is 9.97. The Kier molecular flexibility index (Phi) is 6.58. The molecule has 5 rings (SSSR count). The van der Waals surface area contributed by atoms with Gasteiger partial charge in [0.2, 0.25) is 0 Å². The molecule has 1 N–H and O–H groups in total. The first-order valence-corrected chi connectivity index (χ1v) is 12.9. The van der Waals surface area contributed by atoms with E-state index in [2.05, 4.69) is 63.2 Å². The molecule has 0 bridgehead atoms. The summed E-state index contributed by atoms with van der Waals surface area (Å²) in [6.07, 6.45) is 0.836. The minimum absolute atomic E-state index is 0.129. The highest BCUT2D eigenvalue weighted by atomic mass is 19.1. The van der Waals surface area contributed by atoms with Crippen molar-refractivity contribution in [1.82, 2.24) is 30.1 Å². The molecule has 4 aromatic rings. The first-order valence-electron chi connectivity index (χ1n) is 12.9. The van der Waals surface area contributed by atoms with Crippen LogP contribution in [0, 0.1) is 19.7 Å². The molecule has 0 spiro atoms. The molecule has 0 aliphatic carbocycles. The van der Waals surface area contributed by atoms with E-state index in [0.29, 0.717) is 24.5 Å². The van der Waals surface area contributed by atoms with Crippen LogP contribution in [0.15, 0.2) is 47.3 Å². The number of anilines is 1. The zero-order chi connectivity index (χ0) is 26.3. The minimum atomic E-state index is -0.411. The van der Waals surface area contributed by atoms with Gasteiger partial charge in [-0.25, -0.2) is 9.07 Å². The number of aromatic amines is 1. The number of hydrogen-bond acceptors (Lipinski definition) is 6. The molecule has 0 saturated carbocycles. The second-order valence-electron chi connectivity index (χ2n) is 10.5. The van der Waals surface area contributed by atoms with Crippen LogP contribution in [0.5, 0.6) is 0 Å². The van der Waals surface area contributed by atoms with Crippen molar-refractivity contribution in [3.05, 3.63) is 81.2 Å². The molecule has 1 saturated heterocycles. The van der Waals surface area contributed by atoms with Gasteiger partial charge in [-0.1, -0.05) is 19.1 Å². The fourth-order valence-corrected chi connectivity index (χ4v) is 5.08. The third-order valence-corrected chi connectivity index (χ3v) is 7.92. The van der Waals surface area contributed by atoms with Crippen LogP contribution < -0.4 is 10.5 Å². The topological polar surface area (TPSA) is 82.9 Å². The molecular weight excluding hydrogens is 469 g/mol. The molecule has 1 aliphatic heterocycles. The molecule has 3 heterocycles. The summed E-state index contributed by atoms with van der Waals surface area (Å²) < 4.78 is 15.3. The van der Waals surface area contributed by atoms with Crippen molar-refractivity contribution in [2.45, 2.75) is 52.6 Å². The molecule has 8 nitrogen and oxygen atoms in total. The van der Waals surface area contributed by atoms with Gasteiger partial charge in [-0.05, 0) is 91.4 Å². The highest BCUT2D eigenvalue weighted by Gasteiger charge is 2.35. The van der Waals surface area contributed by atoms with Crippen LogP contribution in [-0.4, -0.2) is 56.3 Å². The van der Waals surface area contributed by atoms with Gasteiger partial charge in [0.15, 0.2) is 5.82 Å². The van der Waals surface area contributed by atoms with Gasteiger partial charge >= 0.3 is 0 Å². The van der Waals surface area contributed by atoms with Gasteiger partial charge in [0.05, 0.1) is 11.1 Å². The van der Waals surface area contributed by atoms with Crippen molar-refractivity contribution >= 4 is 16.6 Å². The molecule has 0 unspecified atom stereocenters. The third-order valence-electron chi connectivity index (χ3n) is 7.92. The Balaban J connectivity index is 1.57. The van der Waals surface area contributed by atoms with E-state index < -0.39 is 6.04 Å². The molecule has 194 valence electrons. The largest absolute Gasteiger partial charge is 0.369 e. The van der Waals surface area contributed by atoms with Crippen molar-refractivity contribution in [1.29, 1.82) is 0 Å². The Bertz CT molecular complexity index is 1470. The number of halogens is 1. The number of tetrazole rings is 1. The number of H-pyrrole nitrogens is 1. The summed E-state index contributed by atoms with van der Waals surface area (Å²) in [7, 11) is 0. The van der Waals surface area contributed by atoms with E-state index in [1.165, 1.54) is 12.1 Å². The maximum Gasteiger partial charge on any atom is 0.253 e. The fourth-order valence-electron chi connectivity index (χ4n) is 5.08. The number of nitrogens with zero attached hydrogens (tertiary/aromatic N) is 6. The zero-order valence-corrected chi connectivity index (χ0v) is 22.1. The van der Waals surface area contributed by atoms with Gasteiger partial charge in [-0.3, -0.25) is 9.69 Å². The van der Waals surface area contributed by atoms with Gasteiger partial charge in [0.25, 0.3) is 5.56 Å². The van der Waals surface area contributed by atoms with Crippen LogP contribution in [0.1, 0.15) is 55.7 Å². The maximum absolute atomic E-state index is 13.6. The number of benzene rings is 2. The molecule has 2 aromatic carbocycles. The normalized spacial score (nSPS) is 15.9. The monoisotopic (exact) mass is 503 g/mol. The van der Waals surface area contributed by atoms with Crippen molar-refractivity contribution in [2.24, 2.45) is 0 Å². The minimum Gasteiger partial charge on any atom is -0.369 e. The highest BCUT2D eigenvalue weighted by molar-refractivity contribution is 5.83. The molecule has 37 heavy (non-hydrogen) atoms. The van der Waals surface area contributed by atoms with E-state index in [1.54, 1.807) is 0 Å². The molecule has 0 radical (unpaired) electrons. The van der Waals surface area contributed by atoms with Gasteiger partial charge < -0.3 is 9.88 Å². The Hall–Kier alpha value is -3.59. The Morgan fingerprint density at radius 1 is 1.05 bits per heavy atom. The van der Waals surface area contributed by atoms with Crippen LogP contribution >= 0.6 is 0 Å². The average Bonchev–Trinajstić information content (AvgIpc) is 3.39. The predicted octanol–water partition coefficient (Wildman–Crippen LogP) is 4.33. The first-order chi connectivity index (χ1) is 17.7. The lowest BCUT2D eigenvalue weighted by Gasteiger charge is -2.40. The highest BCUT2D eigenvalue weighted by Crippen LogP contribution is 2.32. The zero-order valence-electron chi connectivity index (χ0n) is 22.1. The van der Waals surface area contributed by atoms with Crippen LogP contribution in [0.3, 0.4) is 0 Å². The number of aromatic nitrogens is 5. The van der Waals surface area contributed by atoms with E-state index in [0.717, 1.165) is 47.2 Å². The van der Waals surface area contributed by atoms with Crippen molar-refractivity contribution in [3.63, 3.8) is 0 Å². The molecule has 2 aromatic heterocycles. The van der Waals surface area contributed by atoms with Gasteiger partial charge in [0, 0.05) is 37.4 Å². The van der Waals surface area contributed by atoms with E-state index in [1.807, 2.05) is 36.7 Å². The Morgan fingerprint density at radius 3 is 2.43 bits per heavy atom. The average molecular weight is 504 g/mol. The first kappa shape index (κ1) is 25.1. The van der Waals surface area contributed by atoms with Crippen molar-refractivity contribution in [3.8, 4) is 0 Å². The van der Waals surface area contributed by atoms with Crippen molar-refractivity contribution < 1.29 is 4.39 Å².